The second-order valence-corrected chi connectivity index (χ2v) is 9.74. The van der Waals surface area contributed by atoms with Crippen LogP contribution in [-0.2, 0) is 37.4 Å². The van der Waals surface area contributed by atoms with E-state index in [2.05, 4.69) is 14.8 Å². The molecule has 14 nitrogen and oxygen atoms in total. The first-order chi connectivity index (χ1) is 16.0. The Morgan fingerprint density at radius 2 is 2.06 bits per heavy atom. The molecule has 1 fully saturated rings. The van der Waals surface area contributed by atoms with Gasteiger partial charge in [-0.15, -0.1) is 0 Å². The number of nitrogen functional groups attached to an aromatic ring is 1. The molecule has 2 rings (SSSR count). The van der Waals surface area contributed by atoms with E-state index in [-0.39, 0.29) is 31.2 Å². The number of hydrogen-bond donors (Lipinski definition) is 3. The SMILES string of the molecule is COC(=O)COP(=O)(NC(CC(C)C)C(=O)OC)OCC1CC(O)C(n2ccc(N)nc2=O)O1. The molecule has 0 saturated carbocycles. The van der Waals surface area contributed by atoms with Gasteiger partial charge in [0.05, 0.1) is 26.9 Å². The number of carbonyl (C=O) groups excluding carboxylic acids is 2. The Kier molecular flexibility index (Phi) is 10.2. The van der Waals surface area contributed by atoms with Gasteiger partial charge in [0.25, 0.3) is 0 Å². The molecular formula is C19H31N4O10P. The average Bonchev–Trinajstić information content (AvgIpc) is 3.15. The van der Waals surface area contributed by atoms with Gasteiger partial charge >= 0.3 is 25.4 Å². The number of nitrogens with one attached hydrogen (secondary N) is 1. The van der Waals surface area contributed by atoms with Crippen molar-refractivity contribution in [2.75, 3.05) is 33.2 Å². The summed E-state index contributed by atoms with van der Waals surface area (Å²) in [6.07, 6.45) is -1.35. The highest BCUT2D eigenvalue weighted by Crippen LogP contribution is 2.46. The molecule has 15 heteroatoms. The molecule has 1 aliphatic rings. The number of hydrogen-bond acceptors (Lipinski definition) is 12. The smallest absolute Gasteiger partial charge is 0.406 e. The zero-order chi connectivity index (χ0) is 25.5. The van der Waals surface area contributed by atoms with Crippen LogP contribution in [0.1, 0.15) is 32.9 Å². The highest BCUT2D eigenvalue weighted by molar-refractivity contribution is 7.51. The fourth-order valence-electron chi connectivity index (χ4n) is 3.20. The van der Waals surface area contributed by atoms with E-state index in [0.717, 1.165) is 11.7 Å². The average molecular weight is 506 g/mol. The summed E-state index contributed by atoms with van der Waals surface area (Å²) >= 11 is 0. The highest BCUT2D eigenvalue weighted by atomic mass is 31.2. The first-order valence-corrected chi connectivity index (χ1v) is 12.0. The molecule has 1 aliphatic heterocycles. The molecular weight excluding hydrogens is 475 g/mol. The number of carbonyl (C=O) groups is 2. The maximum atomic E-state index is 13.4. The van der Waals surface area contributed by atoms with Gasteiger partial charge in [-0.3, -0.25) is 18.4 Å². The van der Waals surface area contributed by atoms with E-state index in [1.165, 1.54) is 19.4 Å². The molecule has 34 heavy (non-hydrogen) atoms. The van der Waals surface area contributed by atoms with E-state index in [0.29, 0.717) is 0 Å². The number of aliphatic hydroxyl groups excluding tert-OH is 1. The largest absolute Gasteiger partial charge is 0.468 e. The Labute approximate surface area is 196 Å². The van der Waals surface area contributed by atoms with Gasteiger partial charge in [-0.05, 0) is 18.4 Å². The molecule has 5 atom stereocenters. The fraction of sp³-hybridized carbons (Fsp3) is 0.684. The molecule has 0 amide bonds. The van der Waals surface area contributed by atoms with E-state index in [1.54, 1.807) is 0 Å². The summed E-state index contributed by atoms with van der Waals surface area (Å²) in [7, 11) is -1.95. The van der Waals surface area contributed by atoms with Gasteiger partial charge in [0.2, 0.25) is 0 Å². The van der Waals surface area contributed by atoms with Crippen molar-refractivity contribution in [3.8, 4) is 0 Å². The van der Waals surface area contributed by atoms with Crippen LogP contribution in [0.3, 0.4) is 0 Å². The number of rotatable bonds is 12. The summed E-state index contributed by atoms with van der Waals surface area (Å²) in [6.45, 7) is 2.63. The van der Waals surface area contributed by atoms with E-state index in [9.17, 15) is 24.1 Å². The number of anilines is 1. The predicted molar refractivity (Wildman–Crippen MR) is 117 cm³/mol. The highest BCUT2D eigenvalue weighted by Gasteiger charge is 2.39. The maximum absolute atomic E-state index is 13.4. The second-order valence-electron chi connectivity index (χ2n) is 7.97. The van der Waals surface area contributed by atoms with Crippen LogP contribution < -0.4 is 16.5 Å². The summed E-state index contributed by atoms with van der Waals surface area (Å²) in [5, 5.41) is 12.9. The first kappa shape index (κ1) is 27.9. The van der Waals surface area contributed by atoms with Crippen LogP contribution in [0.5, 0.6) is 0 Å². The number of nitrogens with zero attached hydrogens (tertiary/aromatic N) is 2. The number of nitrogens with two attached hydrogens (primary N) is 1. The molecule has 192 valence electrons. The molecule has 0 spiro atoms. The third kappa shape index (κ3) is 7.86. The van der Waals surface area contributed by atoms with Crippen molar-refractivity contribution in [1.29, 1.82) is 0 Å². The Hall–Kier alpha value is -2.35. The minimum Gasteiger partial charge on any atom is -0.468 e. The van der Waals surface area contributed by atoms with Crippen molar-refractivity contribution >= 4 is 25.5 Å². The lowest BCUT2D eigenvalue weighted by Crippen LogP contribution is -2.38. The molecule has 1 saturated heterocycles. The standard InChI is InChI=1S/C19H31N4O10P/c1-11(2)7-13(18(26)30-4)22-34(28,32-10-16(25)29-3)31-9-12-8-14(24)17(33-12)23-6-5-15(20)21-19(23)27/h5-6,11-14,17,24H,7-10H2,1-4H3,(H,22,28)(H2,20,21,27). The third-order valence-corrected chi connectivity index (χ3v) is 6.39. The van der Waals surface area contributed by atoms with Gasteiger partial charge in [-0.25, -0.2) is 19.2 Å². The van der Waals surface area contributed by atoms with Gasteiger partial charge in [0, 0.05) is 12.6 Å². The van der Waals surface area contributed by atoms with Crippen LogP contribution in [0.4, 0.5) is 5.82 Å². The number of methoxy groups -OCH3 is 2. The molecule has 1 aromatic rings. The van der Waals surface area contributed by atoms with E-state index in [1.807, 2.05) is 13.8 Å². The molecule has 0 aromatic carbocycles. The predicted octanol–water partition coefficient (Wildman–Crippen LogP) is -0.0345. The summed E-state index contributed by atoms with van der Waals surface area (Å²) in [5.41, 5.74) is 4.77. The Balaban J connectivity index is 2.13. The number of aromatic nitrogens is 2. The van der Waals surface area contributed by atoms with Crippen molar-refractivity contribution in [2.45, 2.75) is 51.2 Å². The lowest BCUT2D eigenvalue weighted by molar-refractivity contribution is -0.143. The lowest BCUT2D eigenvalue weighted by atomic mass is 10.1. The Morgan fingerprint density at radius 1 is 1.35 bits per heavy atom. The fourth-order valence-corrected chi connectivity index (χ4v) is 4.66. The van der Waals surface area contributed by atoms with E-state index >= 15 is 0 Å². The second kappa shape index (κ2) is 12.4. The van der Waals surface area contributed by atoms with Crippen LogP contribution in [0.25, 0.3) is 0 Å². The van der Waals surface area contributed by atoms with Crippen molar-refractivity contribution in [3.05, 3.63) is 22.7 Å². The molecule has 5 unspecified atom stereocenters. The lowest BCUT2D eigenvalue weighted by Gasteiger charge is -2.25. The van der Waals surface area contributed by atoms with Gasteiger partial charge in [0.15, 0.2) is 12.8 Å². The molecule has 0 radical (unpaired) electrons. The summed E-state index contributed by atoms with van der Waals surface area (Å²) in [6, 6.07) is 0.331. The van der Waals surface area contributed by atoms with Gasteiger partial charge in [0.1, 0.15) is 18.0 Å². The maximum Gasteiger partial charge on any atom is 0.406 e. The van der Waals surface area contributed by atoms with Crippen LogP contribution in [-0.4, -0.2) is 72.3 Å². The quantitative estimate of drug-likeness (QED) is 0.253. The van der Waals surface area contributed by atoms with Crippen LogP contribution in [0.2, 0.25) is 0 Å². The minimum atomic E-state index is -4.26. The molecule has 1 aromatic heterocycles. The third-order valence-electron chi connectivity index (χ3n) is 4.81. The van der Waals surface area contributed by atoms with Crippen LogP contribution >= 0.6 is 7.75 Å². The van der Waals surface area contributed by atoms with Crippen molar-refractivity contribution < 1.29 is 42.5 Å². The number of aliphatic hydroxyl groups is 1. The monoisotopic (exact) mass is 506 g/mol. The zero-order valence-corrected chi connectivity index (χ0v) is 20.3. The topological polar surface area (TPSA) is 191 Å². The Bertz CT molecular complexity index is 955. The van der Waals surface area contributed by atoms with Crippen molar-refractivity contribution in [1.82, 2.24) is 14.6 Å². The molecule has 0 aliphatic carbocycles. The van der Waals surface area contributed by atoms with Crippen molar-refractivity contribution in [3.63, 3.8) is 0 Å². The minimum absolute atomic E-state index is 0.0185. The van der Waals surface area contributed by atoms with Crippen LogP contribution in [0, 0.1) is 5.92 Å². The molecule has 2 heterocycles. The molecule has 0 bridgehead atoms. The van der Waals surface area contributed by atoms with Crippen molar-refractivity contribution in [2.24, 2.45) is 5.92 Å². The normalized spacial score (nSPS) is 22.8. The molecule has 4 N–H and O–H groups in total. The van der Waals surface area contributed by atoms with E-state index < -0.39 is 56.5 Å². The summed E-state index contributed by atoms with van der Waals surface area (Å²) in [5.74, 6) is -1.47. The van der Waals surface area contributed by atoms with Gasteiger partial charge in [-0.1, -0.05) is 13.8 Å². The summed E-state index contributed by atoms with van der Waals surface area (Å²) in [4.78, 5) is 39.3. The number of esters is 2. The van der Waals surface area contributed by atoms with Crippen LogP contribution in [0.15, 0.2) is 17.1 Å². The number of ether oxygens (including phenoxy) is 3. The summed E-state index contributed by atoms with van der Waals surface area (Å²) < 4.78 is 40.0. The zero-order valence-electron chi connectivity index (χ0n) is 19.4. The van der Waals surface area contributed by atoms with E-state index in [4.69, 9.17) is 24.3 Å². The van der Waals surface area contributed by atoms with Gasteiger partial charge in [-0.2, -0.15) is 4.98 Å². The van der Waals surface area contributed by atoms with Gasteiger partial charge < -0.3 is 25.1 Å². The first-order valence-electron chi connectivity index (χ1n) is 10.5. The Morgan fingerprint density at radius 3 is 2.65 bits per heavy atom.